The molecule has 1 aliphatic heterocycles. The Balaban J connectivity index is 1.91. The molecule has 1 aromatic heterocycles. The monoisotopic (exact) mass is 246 g/mol. The first kappa shape index (κ1) is 11.8. The van der Waals surface area contributed by atoms with Crippen LogP contribution in [0.25, 0.3) is 0 Å². The van der Waals surface area contributed by atoms with E-state index >= 15 is 0 Å². The summed E-state index contributed by atoms with van der Waals surface area (Å²) in [5.74, 6) is 1.59. The van der Waals surface area contributed by atoms with Gasteiger partial charge in [0, 0.05) is 18.7 Å². The Labute approximate surface area is 109 Å². The van der Waals surface area contributed by atoms with Crippen molar-refractivity contribution >= 4 is 11.8 Å². The van der Waals surface area contributed by atoms with Gasteiger partial charge in [-0.05, 0) is 44.9 Å². The van der Waals surface area contributed by atoms with E-state index in [0.717, 1.165) is 37.7 Å². The fraction of sp³-hybridized carbons (Fsp3) is 0.714. The lowest BCUT2D eigenvalue weighted by atomic mass is 10.1. The van der Waals surface area contributed by atoms with Crippen LogP contribution in [0.15, 0.2) is 0 Å². The molecule has 0 radical (unpaired) electrons. The molecular weight excluding hydrogens is 224 g/mol. The first-order chi connectivity index (χ1) is 8.84. The number of nitrogens with two attached hydrogens (primary N) is 1. The maximum absolute atomic E-state index is 6.14. The third-order valence-corrected chi connectivity index (χ3v) is 4.09. The Morgan fingerprint density at radius 1 is 0.833 bits per heavy atom. The fourth-order valence-electron chi connectivity index (χ4n) is 3.02. The van der Waals surface area contributed by atoms with E-state index in [1.165, 1.54) is 49.8 Å². The second kappa shape index (κ2) is 5.12. The van der Waals surface area contributed by atoms with Gasteiger partial charge in [0.15, 0.2) is 0 Å². The topological polar surface area (TPSA) is 55.0 Å². The SMILES string of the molecule is Nc1nc(N2CCCCC2)nc2c1CCCCC2. The first-order valence-corrected chi connectivity index (χ1v) is 7.25. The average molecular weight is 246 g/mol. The van der Waals surface area contributed by atoms with Gasteiger partial charge in [-0.1, -0.05) is 6.42 Å². The van der Waals surface area contributed by atoms with Crippen LogP contribution in [0, 0.1) is 0 Å². The van der Waals surface area contributed by atoms with Gasteiger partial charge in [0.05, 0.1) is 5.69 Å². The van der Waals surface area contributed by atoms with E-state index in [9.17, 15) is 0 Å². The largest absolute Gasteiger partial charge is 0.383 e. The fourth-order valence-corrected chi connectivity index (χ4v) is 3.02. The Kier molecular flexibility index (Phi) is 3.35. The predicted octanol–water partition coefficient (Wildman–Crippen LogP) is 2.32. The smallest absolute Gasteiger partial charge is 0.227 e. The van der Waals surface area contributed by atoms with Crippen LogP contribution in [0.1, 0.15) is 49.8 Å². The van der Waals surface area contributed by atoms with Crippen molar-refractivity contribution in [1.29, 1.82) is 0 Å². The summed E-state index contributed by atoms with van der Waals surface area (Å²) >= 11 is 0. The summed E-state index contributed by atoms with van der Waals surface area (Å²) in [6.07, 6.45) is 9.71. The predicted molar refractivity (Wildman–Crippen MR) is 73.8 cm³/mol. The van der Waals surface area contributed by atoms with Gasteiger partial charge >= 0.3 is 0 Å². The van der Waals surface area contributed by atoms with Crippen LogP contribution in [0.2, 0.25) is 0 Å². The van der Waals surface area contributed by atoms with Crippen molar-refractivity contribution < 1.29 is 0 Å². The summed E-state index contributed by atoms with van der Waals surface area (Å²) in [7, 11) is 0. The van der Waals surface area contributed by atoms with Crippen LogP contribution in [0.4, 0.5) is 11.8 Å². The van der Waals surface area contributed by atoms with E-state index in [-0.39, 0.29) is 0 Å². The number of anilines is 2. The molecule has 1 aliphatic carbocycles. The van der Waals surface area contributed by atoms with Crippen molar-refractivity contribution in [3.8, 4) is 0 Å². The maximum Gasteiger partial charge on any atom is 0.227 e. The van der Waals surface area contributed by atoms with Gasteiger partial charge in [-0.3, -0.25) is 0 Å². The van der Waals surface area contributed by atoms with Gasteiger partial charge in [0.25, 0.3) is 0 Å². The molecule has 98 valence electrons. The Bertz CT molecular complexity index is 424. The van der Waals surface area contributed by atoms with Crippen molar-refractivity contribution in [3.63, 3.8) is 0 Å². The molecule has 0 spiro atoms. The zero-order valence-electron chi connectivity index (χ0n) is 11.0. The highest BCUT2D eigenvalue weighted by molar-refractivity contribution is 5.48. The lowest BCUT2D eigenvalue weighted by Crippen LogP contribution is -2.31. The van der Waals surface area contributed by atoms with E-state index in [4.69, 9.17) is 10.7 Å². The second-order valence-corrected chi connectivity index (χ2v) is 5.44. The maximum atomic E-state index is 6.14. The van der Waals surface area contributed by atoms with Crippen molar-refractivity contribution in [1.82, 2.24) is 9.97 Å². The number of rotatable bonds is 1. The van der Waals surface area contributed by atoms with Gasteiger partial charge < -0.3 is 10.6 Å². The third-order valence-electron chi connectivity index (χ3n) is 4.09. The molecule has 3 rings (SSSR count). The Morgan fingerprint density at radius 3 is 2.39 bits per heavy atom. The lowest BCUT2D eigenvalue weighted by molar-refractivity contribution is 0.567. The van der Waals surface area contributed by atoms with Gasteiger partial charge in [-0.15, -0.1) is 0 Å². The molecule has 0 atom stereocenters. The van der Waals surface area contributed by atoms with E-state index < -0.39 is 0 Å². The summed E-state index contributed by atoms with van der Waals surface area (Å²) in [6.45, 7) is 2.16. The summed E-state index contributed by atoms with van der Waals surface area (Å²) < 4.78 is 0. The molecule has 18 heavy (non-hydrogen) atoms. The zero-order valence-corrected chi connectivity index (χ0v) is 11.0. The minimum absolute atomic E-state index is 0.725. The van der Waals surface area contributed by atoms with Crippen LogP contribution in [0.5, 0.6) is 0 Å². The summed E-state index contributed by atoms with van der Waals surface area (Å²) in [6, 6.07) is 0. The van der Waals surface area contributed by atoms with Crippen molar-refractivity contribution in [2.45, 2.75) is 51.4 Å². The number of hydrogen-bond acceptors (Lipinski definition) is 4. The highest BCUT2D eigenvalue weighted by Gasteiger charge is 2.19. The minimum atomic E-state index is 0.725. The van der Waals surface area contributed by atoms with Gasteiger partial charge in [-0.2, -0.15) is 4.98 Å². The van der Waals surface area contributed by atoms with E-state index in [2.05, 4.69) is 9.88 Å². The molecule has 4 heteroatoms. The molecular formula is C14H22N4. The van der Waals surface area contributed by atoms with Gasteiger partial charge in [0.1, 0.15) is 5.82 Å². The number of aryl methyl sites for hydroxylation is 1. The van der Waals surface area contributed by atoms with Crippen LogP contribution in [-0.4, -0.2) is 23.1 Å². The highest BCUT2D eigenvalue weighted by Crippen LogP contribution is 2.26. The summed E-state index contributed by atoms with van der Waals surface area (Å²) in [5.41, 5.74) is 8.57. The number of aromatic nitrogens is 2. The van der Waals surface area contributed by atoms with Crippen LogP contribution in [-0.2, 0) is 12.8 Å². The molecule has 2 N–H and O–H groups in total. The first-order valence-electron chi connectivity index (χ1n) is 7.25. The number of piperidine rings is 1. The standard InChI is InChI=1S/C14H22N4/c15-13-11-7-3-1-4-8-12(11)16-14(17-13)18-9-5-2-6-10-18/h1-10H2,(H2,15,16,17). The van der Waals surface area contributed by atoms with Crippen LogP contribution in [0.3, 0.4) is 0 Å². The van der Waals surface area contributed by atoms with E-state index in [1.807, 2.05) is 0 Å². The van der Waals surface area contributed by atoms with Crippen LogP contribution < -0.4 is 10.6 Å². The van der Waals surface area contributed by atoms with Crippen molar-refractivity contribution in [2.24, 2.45) is 0 Å². The normalized spacial score (nSPS) is 20.3. The zero-order chi connectivity index (χ0) is 12.4. The minimum Gasteiger partial charge on any atom is -0.383 e. The molecule has 0 aromatic carbocycles. The molecule has 4 nitrogen and oxygen atoms in total. The molecule has 0 bridgehead atoms. The molecule has 0 unspecified atom stereocenters. The molecule has 0 saturated carbocycles. The number of nitrogen functional groups attached to an aromatic ring is 1. The molecule has 1 aromatic rings. The average Bonchev–Trinajstić information content (AvgIpc) is 2.65. The quantitative estimate of drug-likeness (QED) is 0.773. The number of nitrogens with zero attached hydrogens (tertiary/aromatic N) is 3. The number of hydrogen-bond donors (Lipinski definition) is 1. The molecule has 2 heterocycles. The molecule has 1 fully saturated rings. The van der Waals surface area contributed by atoms with Crippen molar-refractivity contribution in [3.05, 3.63) is 11.3 Å². The second-order valence-electron chi connectivity index (χ2n) is 5.44. The lowest BCUT2D eigenvalue weighted by Gasteiger charge is -2.27. The van der Waals surface area contributed by atoms with E-state index in [0.29, 0.717) is 0 Å². The third kappa shape index (κ3) is 2.28. The Morgan fingerprint density at radius 2 is 1.56 bits per heavy atom. The summed E-state index contributed by atoms with van der Waals surface area (Å²) in [4.78, 5) is 11.6. The van der Waals surface area contributed by atoms with Gasteiger partial charge in [0.2, 0.25) is 5.95 Å². The molecule has 1 saturated heterocycles. The Hall–Kier alpha value is -1.32. The molecule has 2 aliphatic rings. The summed E-state index contributed by atoms with van der Waals surface area (Å²) in [5, 5.41) is 0. The number of fused-ring (bicyclic) bond motifs is 1. The highest BCUT2D eigenvalue weighted by atomic mass is 15.3. The molecule has 0 amide bonds. The van der Waals surface area contributed by atoms with Gasteiger partial charge in [-0.25, -0.2) is 4.98 Å². The van der Waals surface area contributed by atoms with E-state index in [1.54, 1.807) is 0 Å². The van der Waals surface area contributed by atoms with Crippen LogP contribution >= 0.6 is 0 Å². The van der Waals surface area contributed by atoms with Crippen molar-refractivity contribution in [2.75, 3.05) is 23.7 Å².